The number of likely N-dealkylation sites (tertiary alicyclic amines) is 1. The Labute approximate surface area is 219 Å². The zero-order valence-corrected chi connectivity index (χ0v) is 22.6. The van der Waals surface area contributed by atoms with Crippen LogP contribution in [0.1, 0.15) is 76.8 Å². The second kappa shape index (κ2) is 9.27. The van der Waals surface area contributed by atoms with E-state index in [2.05, 4.69) is 20.8 Å². The van der Waals surface area contributed by atoms with E-state index in [1.807, 2.05) is 54.1 Å². The molecule has 2 aliphatic rings. The van der Waals surface area contributed by atoms with E-state index in [0.717, 1.165) is 34.4 Å². The first kappa shape index (κ1) is 24.9. The van der Waals surface area contributed by atoms with Crippen LogP contribution in [0.5, 0.6) is 0 Å². The van der Waals surface area contributed by atoms with E-state index in [1.165, 1.54) is 22.7 Å². The van der Waals surface area contributed by atoms with Crippen molar-refractivity contribution in [2.45, 2.75) is 64.0 Å². The SMILES string of the molecule is Cc1ccsc1C1C(C(=O)c2cccs2)C(c2ccc(C(C)(C)C)cc2)C(C(=O)O)N1C(=O)C1CC1. The van der Waals surface area contributed by atoms with Crippen molar-refractivity contribution in [1.29, 1.82) is 0 Å². The molecule has 1 N–H and O–H groups in total. The molecule has 2 fully saturated rings. The van der Waals surface area contributed by atoms with Crippen LogP contribution in [0.4, 0.5) is 0 Å². The average Bonchev–Trinajstić information content (AvgIpc) is 3.22. The van der Waals surface area contributed by atoms with Gasteiger partial charge in [0.1, 0.15) is 6.04 Å². The lowest BCUT2D eigenvalue weighted by atomic mass is 9.77. The number of aryl methyl sites for hydroxylation is 1. The number of nitrogens with zero attached hydrogens (tertiary/aromatic N) is 1. The Kier molecular flexibility index (Phi) is 6.41. The summed E-state index contributed by atoms with van der Waals surface area (Å²) in [6.45, 7) is 8.37. The third kappa shape index (κ3) is 4.33. The number of carboxylic acids is 1. The molecule has 3 heterocycles. The van der Waals surface area contributed by atoms with Gasteiger partial charge in [-0.15, -0.1) is 22.7 Å². The molecule has 0 spiro atoms. The van der Waals surface area contributed by atoms with Crippen LogP contribution in [-0.4, -0.2) is 33.7 Å². The fraction of sp³-hybridized carbons (Fsp3) is 0.414. The first-order valence-corrected chi connectivity index (χ1v) is 14.1. The fourth-order valence-corrected chi connectivity index (χ4v) is 7.25. The van der Waals surface area contributed by atoms with Crippen LogP contribution in [0.15, 0.2) is 53.2 Å². The molecule has 4 atom stereocenters. The minimum atomic E-state index is -1.11. The molecule has 188 valence electrons. The van der Waals surface area contributed by atoms with Crippen molar-refractivity contribution in [2.24, 2.45) is 11.8 Å². The highest BCUT2D eigenvalue weighted by Crippen LogP contribution is 2.54. The number of ketones is 1. The summed E-state index contributed by atoms with van der Waals surface area (Å²) in [6, 6.07) is 11.9. The Balaban J connectivity index is 1.72. The monoisotopic (exact) mass is 521 g/mol. The lowest BCUT2D eigenvalue weighted by Gasteiger charge is -2.30. The largest absolute Gasteiger partial charge is 0.480 e. The molecule has 0 bridgehead atoms. The minimum Gasteiger partial charge on any atom is -0.480 e. The summed E-state index contributed by atoms with van der Waals surface area (Å²) < 4.78 is 0. The van der Waals surface area contributed by atoms with E-state index in [9.17, 15) is 19.5 Å². The molecule has 1 aliphatic heterocycles. The molecular formula is C29H31NO4S2. The first-order chi connectivity index (χ1) is 17.1. The highest BCUT2D eigenvalue weighted by molar-refractivity contribution is 7.12. The van der Waals surface area contributed by atoms with Crippen molar-refractivity contribution in [3.63, 3.8) is 0 Å². The number of amides is 1. The first-order valence-electron chi connectivity index (χ1n) is 12.4. The molecular weight excluding hydrogens is 490 g/mol. The second-order valence-electron chi connectivity index (χ2n) is 11.0. The Bertz CT molecular complexity index is 1280. The van der Waals surface area contributed by atoms with E-state index in [-0.39, 0.29) is 23.0 Å². The smallest absolute Gasteiger partial charge is 0.327 e. The highest BCUT2D eigenvalue weighted by atomic mass is 32.1. The third-order valence-corrected chi connectivity index (χ3v) is 9.47. The molecule has 5 rings (SSSR count). The van der Waals surface area contributed by atoms with E-state index in [4.69, 9.17) is 0 Å². The highest BCUT2D eigenvalue weighted by Gasteiger charge is 2.59. The van der Waals surface area contributed by atoms with E-state index < -0.39 is 29.9 Å². The van der Waals surface area contributed by atoms with Gasteiger partial charge in [0.25, 0.3) is 0 Å². The van der Waals surface area contributed by atoms with Gasteiger partial charge in [-0.05, 0) is 64.8 Å². The van der Waals surface area contributed by atoms with Gasteiger partial charge >= 0.3 is 5.97 Å². The van der Waals surface area contributed by atoms with Gasteiger partial charge in [0.15, 0.2) is 5.78 Å². The number of carboxylic acid groups (broad SMARTS) is 1. The summed E-state index contributed by atoms with van der Waals surface area (Å²) >= 11 is 2.86. The fourth-order valence-electron chi connectivity index (χ4n) is 5.46. The summed E-state index contributed by atoms with van der Waals surface area (Å²) in [4.78, 5) is 43.8. The maximum atomic E-state index is 14.1. The predicted molar refractivity (Wildman–Crippen MR) is 143 cm³/mol. The number of carbonyl (C=O) groups excluding carboxylic acids is 2. The number of hydrogen-bond acceptors (Lipinski definition) is 5. The summed E-state index contributed by atoms with van der Waals surface area (Å²) in [7, 11) is 0. The number of aliphatic carboxylic acids is 1. The predicted octanol–water partition coefficient (Wildman–Crippen LogP) is 6.44. The van der Waals surface area contributed by atoms with E-state index >= 15 is 0 Å². The molecule has 1 aromatic carbocycles. The Morgan fingerprint density at radius 3 is 2.17 bits per heavy atom. The number of benzene rings is 1. The maximum Gasteiger partial charge on any atom is 0.327 e. The van der Waals surface area contributed by atoms with Crippen molar-refractivity contribution in [1.82, 2.24) is 4.90 Å². The normalized spacial score (nSPS) is 24.2. The van der Waals surface area contributed by atoms with Gasteiger partial charge in [-0.25, -0.2) is 4.79 Å². The molecule has 0 radical (unpaired) electrons. The van der Waals surface area contributed by atoms with Crippen LogP contribution >= 0.6 is 22.7 Å². The van der Waals surface area contributed by atoms with Gasteiger partial charge in [-0.1, -0.05) is 51.1 Å². The molecule has 1 aliphatic carbocycles. The Morgan fingerprint density at radius 1 is 0.972 bits per heavy atom. The van der Waals surface area contributed by atoms with Crippen LogP contribution in [0.3, 0.4) is 0 Å². The summed E-state index contributed by atoms with van der Waals surface area (Å²) in [5.74, 6) is -2.79. The molecule has 36 heavy (non-hydrogen) atoms. The summed E-state index contributed by atoms with van der Waals surface area (Å²) in [5.41, 5.74) is 2.84. The average molecular weight is 522 g/mol. The van der Waals surface area contributed by atoms with Gasteiger partial charge < -0.3 is 10.0 Å². The van der Waals surface area contributed by atoms with Crippen molar-refractivity contribution < 1.29 is 19.5 Å². The maximum absolute atomic E-state index is 14.1. The molecule has 5 nitrogen and oxygen atoms in total. The Hall–Kier alpha value is -2.77. The standard InChI is InChI=1S/C29H31NO4S2/c1-16-13-15-36-26(16)23-22(25(31)20-6-5-14-35-20)21(17-9-11-19(12-10-17)29(2,3)4)24(28(33)34)30(23)27(32)18-7-8-18/h5-6,9-15,18,21-24H,7-8H2,1-4H3,(H,33,34). The van der Waals surface area contributed by atoms with E-state index in [1.54, 1.807) is 11.0 Å². The van der Waals surface area contributed by atoms with Gasteiger partial charge in [0.05, 0.1) is 16.8 Å². The Morgan fingerprint density at radius 2 is 1.67 bits per heavy atom. The summed E-state index contributed by atoms with van der Waals surface area (Å²) in [6.07, 6.45) is 1.54. The van der Waals surface area contributed by atoms with Crippen LogP contribution in [-0.2, 0) is 15.0 Å². The van der Waals surface area contributed by atoms with Crippen LogP contribution < -0.4 is 0 Å². The molecule has 3 aromatic rings. The zero-order chi connectivity index (χ0) is 25.8. The van der Waals surface area contributed by atoms with Gasteiger partial charge in [-0.3, -0.25) is 9.59 Å². The molecule has 1 saturated heterocycles. The van der Waals surface area contributed by atoms with Gasteiger partial charge in [-0.2, -0.15) is 0 Å². The van der Waals surface area contributed by atoms with Gasteiger partial charge in [0, 0.05) is 16.7 Å². The zero-order valence-electron chi connectivity index (χ0n) is 20.9. The van der Waals surface area contributed by atoms with Crippen LogP contribution in [0.2, 0.25) is 0 Å². The van der Waals surface area contributed by atoms with E-state index in [0.29, 0.717) is 4.88 Å². The number of Topliss-reactive ketones (excluding diaryl/α,β-unsaturated/α-hetero) is 1. The number of carbonyl (C=O) groups is 3. The van der Waals surface area contributed by atoms with Crippen molar-refractivity contribution >= 4 is 40.3 Å². The number of rotatable bonds is 6. The minimum absolute atomic E-state index is 0.0583. The summed E-state index contributed by atoms with van der Waals surface area (Å²) in [5, 5.41) is 14.4. The lowest BCUT2D eigenvalue weighted by molar-refractivity contribution is -0.150. The van der Waals surface area contributed by atoms with Crippen molar-refractivity contribution in [3.8, 4) is 0 Å². The number of thiophene rings is 2. The molecule has 2 aromatic heterocycles. The molecule has 7 heteroatoms. The van der Waals surface area contributed by atoms with Crippen molar-refractivity contribution in [2.75, 3.05) is 0 Å². The molecule has 1 amide bonds. The molecule has 4 unspecified atom stereocenters. The van der Waals surface area contributed by atoms with Gasteiger partial charge in [0.2, 0.25) is 5.91 Å². The second-order valence-corrected chi connectivity index (χ2v) is 12.9. The van der Waals surface area contributed by atoms with Crippen molar-refractivity contribution in [3.05, 3.63) is 79.7 Å². The van der Waals surface area contributed by atoms with Crippen LogP contribution in [0.25, 0.3) is 0 Å². The quantitative estimate of drug-likeness (QED) is 0.379. The number of hydrogen-bond donors (Lipinski definition) is 1. The third-order valence-electron chi connectivity index (χ3n) is 7.50. The topological polar surface area (TPSA) is 74.7 Å². The molecule has 1 saturated carbocycles. The lowest BCUT2D eigenvalue weighted by Crippen LogP contribution is -2.44. The van der Waals surface area contributed by atoms with Crippen LogP contribution in [0, 0.1) is 18.8 Å².